The molecule has 0 fully saturated rings. The number of rotatable bonds is 4. The number of benzene rings is 2. The maximum atomic E-state index is 13.2. The maximum absolute atomic E-state index is 13.2. The molecule has 0 saturated carbocycles. The zero-order valence-corrected chi connectivity index (χ0v) is 11.5. The van der Waals surface area contributed by atoms with Gasteiger partial charge in [-0.1, -0.05) is 0 Å². The fraction of sp³-hybridized carbons (Fsp3) is 0.0714. The fourth-order valence-corrected chi connectivity index (χ4v) is 1.70. The van der Waals surface area contributed by atoms with Gasteiger partial charge >= 0.3 is 0 Å². The summed E-state index contributed by atoms with van der Waals surface area (Å²) in [6.07, 6.45) is 0. The quantitative estimate of drug-likeness (QED) is 0.847. The molecule has 104 valence electrons. The molecule has 4 nitrogen and oxygen atoms in total. The monoisotopic (exact) mass is 292 g/mol. The summed E-state index contributed by atoms with van der Waals surface area (Å²) in [7, 11) is 1.58. The van der Waals surface area contributed by atoms with E-state index in [9.17, 15) is 4.39 Å². The van der Waals surface area contributed by atoms with Crippen LogP contribution in [0.3, 0.4) is 0 Å². The van der Waals surface area contributed by atoms with Gasteiger partial charge in [-0.3, -0.25) is 0 Å². The highest BCUT2D eigenvalue weighted by molar-refractivity contribution is 7.80. The largest absolute Gasteiger partial charge is 0.497 e. The van der Waals surface area contributed by atoms with Crippen molar-refractivity contribution in [3.05, 3.63) is 48.3 Å². The van der Waals surface area contributed by atoms with E-state index in [0.717, 1.165) is 5.75 Å². The van der Waals surface area contributed by atoms with Crippen molar-refractivity contribution in [2.75, 3.05) is 12.4 Å². The van der Waals surface area contributed by atoms with Crippen LogP contribution in [0.4, 0.5) is 10.1 Å². The number of hydrogen-bond acceptors (Lipinski definition) is 3. The van der Waals surface area contributed by atoms with Gasteiger partial charge < -0.3 is 20.5 Å². The molecule has 2 aromatic rings. The second-order valence-electron chi connectivity index (χ2n) is 3.91. The van der Waals surface area contributed by atoms with Crippen LogP contribution in [0.5, 0.6) is 17.2 Å². The van der Waals surface area contributed by atoms with E-state index in [1.807, 2.05) is 0 Å². The van der Waals surface area contributed by atoms with Crippen molar-refractivity contribution in [2.24, 2.45) is 5.73 Å². The number of anilines is 1. The molecule has 0 aliphatic heterocycles. The minimum absolute atomic E-state index is 0.0372. The third-order valence-corrected chi connectivity index (χ3v) is 2.59. The molecule has 0 aliphatic rings. The Morgan fingerprint density at radius 1 is 1.15 bits per heavy atom. The molecule has 3 N–H and O–H groups in total. The van der Waals surface area contributed by atoms with Gasteiger partial charge in [0.15, 0.2) is 10.9 Å². The van der Waals surface area contributed by atoms with E-state index in [1.165, 1.54) is 18.2 Å². The SMILES string of the molecule is COc1ccc(Oc2ccc(F)cc2NC(N)=S)cc1. The molecule has 0 radical (unpaired) electrons. The zero-order valence-electron chi connectivity index (χ0n) is 10.7. The Hall–Kier alpha value is -2.34. The predicted octanol–water partition coefficient (Wildman–Crippen LogP) is 3.28. The Balaban J connectivity index is 2.25. The van der Waals surface area contributed by atoms with Crippen molar-refractivity contribution in [1.29, 1.82) is 0 Å². The molecule has 0 unspecified atom stereocenters. The van der Waals surface area contributed by atoms with Crippen molar-refractivity contribution in [1.82, 2.24) is 0 Å². The van der Waals surface area contributed by atoms with Crippen molar-refractivity contribution in [2.45, 2.75) is 0 Å². The lowest BCUT2D eigenvalue weighted by Gasteiger charge is -2.12. The van der Waals surface area contributed by atoms with Crippen molar-refractivity contribution in [3.8, 4) is 17.2 Å². The minimum Gasteiger partial charge on any atom is -0.497 e. The van der Waals surface area contributed by atoms with Crippen molar-refractivity contribution >= 4 is 23.0 Å². The van der Waals surface area contributed by atoms with Gasteiger partial charge in [0.05, 0.1) is 12.8 Å². The number of nitrogens with one attached hydrogen (secondary N) is 1. The van der Waals surface area contributed by atoms with E-state index in [0.29, 0.717) is 17.2 Å². The van der Waals surface area contributed by atoms with Gasteiger partial charge in [0.25, 0.3) is 0 Å². The lowest BCUT2D eigenvalue weighted by molar-refractivity contribution is 0.413. The lowest BCUT2D eigenvalue weighted by atomic mass is 10.2. The molecule has 0 amide bonds. The van der Waals surface area contributed by atoms with Gasteiger partial charge in [-0.05, 0) is 48.6 Å². The number of halogens is 1. The van der Waals surface area contributed by atoms with Gasteiger partial charge in [0.2, 0.25) is 0 Å². The Bertz CT molecular complexity index is 617. The summed E-state index contributed by atoms with van der Waals surface area (Å²) >= 11 is 4.75. The highest BCUT2D eigenvalue weighted by Gasteiger charge is 2.07. The number of methoxy groups -OCH3 is 1. The molecule has 6 heteroatoms. The molecule has 2 rings (SSSR count). The van der Waals surface area contributed by atoms with Gasteiger partial charge in [-0.25, -0.2) is 4.39 Å². The summed E-state index contributed by atoms with van der Waals surface area (Å²) in [6, 6.07) is 11.1. The van der Waals surface area contributed by atoms with Gasteiger partial charge in [-0.2, -0.15) is 0 Å². The first kappa shape index (κ1) is 14.1. The Morgan fingerprint density at radius 2 is 1.80 bits per heavy atom. The van der Waals surface area contributed by atoms with Crippen LogP contribution in [0.25, 0.3) is 0 Å². The summed E-state index contributed by atoms with van der Waals surface area (Å²) in [5, 5.41) is 2.71. The third kappa shape index (κ3) is 3.58. The van der Waals surface area contributed by atoms with E-state index in [-0.39, 0.29) is 5.11 Å². The molecular weight excluding hydrogens is 279 g/mol. The van der Waals surface area contributed by atoms with E-state index in [4.69, 9.17) is 27.4 Å². The molecule has 20 heavy (non-hydrogen) atoms. The number of ether oxygens (including phenoxy) is 2. The van der Waals surface area contributed by atoms with Crippen LogP contribution in [-0.4, -0.2) is 12.2 Å². The molecule has 0 heterocycles. The summed E-state index contributed by atoms with van der Waals surface area (Å²) in [4.78, 5) is 0. The van der Waals surface area contributed by atoms with Crippen LogP contribution in [0, 0.1) is 5.82 Å². The van der Waals surface area contributed by atoms with E-state index >= 15 is 0 Å². The van der Waals surface area contributed by atoms with Crippen LogP contribution in [0.2, 0.25) is 0 Å². The van der Waals surface area contributed by atoms with E-state index in [2.05, 4.69) is 5.32 Å². The lowest BCUT2D eigenvalue weighted by Crippen LogP contribution is -2.19. The summed E-state index contributed by atoms with van der Waals surface area (Å²) in [5.74, 6) is 1.32. The second-order valence-corrected chi connectivity index (χ2v) is 4.35. The average Bonchev–Trinajstić information content (AvgIpc) is 2.42. The summed E-state index contributed by atoms with van der Waals surface area (Å²) in [6.45, 7) is 0. The topological polar surface area (TPSA) is 56.5 Å². The molecule has 0 atom stereocenters. The molecular formula is C14H13FN2O2S. The second kappa shape index (κ2) is 6.21. The third-order valence-electron chi connectivity index (χ3n) is 2.49. The molecule has 0 aliphatic carbocycles. The predicted molar refractivity (Wildman–Crippen MR) is 79.9 cm³/mol. The molecule has 0 saturated heterocycles. The first-order chi connectivity index (χ1) is 9.58. The first-order valence-corrected chi connectivity index (χ1v) is 6.17. The Morgan fingerprint density at radius 3 is 2.40 bits per heavy atom. The van der Waals surface area contributed by atoms with Gasteiger partial charge in [-0.15, -0.1) is 0 Å². The normalized spacial score (nSPS) is 9.90. The van der Waals surface area contributed by atoms with Crippen LogP contribution in [0.15, 0.2) is 42.5 Å². The zero-order chi connectivity index (χ0) is 14.5. The van der Waals surface area contributed by atoms with Crippen molar-refractivity contribution < 1.29 is 13.9 Å². The summed E-state index contributed by atoms with van der Waals surface area (Å²) in [5.41, 5.74) is 5.77. The number of nitrogens with two attached hydrogens (primary N) is 1. The van der Waals surface area contributed by atoms with Crippen LogP contribution < -0.4 is 20.5 Å². The number of hydrogen-bond donors (Lipinski definition) is 2. The molecule has 2 aromatic carbocycles. The molecule has 0 spiro atoms. The number of thiocarbonyl (C=S) groups is 1. The Labute approximate surface area is 121 Å². The van der Waals surface area contributed by atoms with Crippen LogP contribution >= 0.6 is 12.2 Å². The van der Waals surface area contributed by atoms with Crippen LogP contribution in [-0.2, 0) is 0 Å². The summed E-state index contributed by atoms with van der Waals surface area (Å²) < 4.78 is 24.0. The Kier molecular flexibility index (Phi) is 4.37. The maximum Gasteiger partial charge on any atom is 0.168 e. The van der Waals surface area contributed by atoms with Crippen molar-refractivity contribution in [3.63, 3.8) is 0 Å². The van der Waals surface area contributed by atoms with Gasteiger partial charge in [0, 0.05) is 6.07 Å². The highest BCUT2D eigenvalue weighted by Crippen LogP contribution is 2.31. The molecule has 0 aromatic heterocycles. The van der Waals surface area contributed by atoms with E-state index < -0.39 is 5.82 Å². The average molecular weight is 292 g/mol. The van der Waals surface area contributed by atoms with Crippen LogP contribution in [0.1, 0.15) is 0 Å². The smallest absolute Gasteiger partial charge is 0.168 e. The van der Waals surface area contributed by atoms with E-state index in [1.54, 1.807) is 31.4 Å². The molecule has 0 bridgehead atoms. The first-order valence-electron chi connectivity index (χ1n) is 5.76. The standard InChI is InChI=1S/C14H13FN2O2S/c1-18-10-3-5-11(6-4-10)19-13-7-2-9(15)8-12(13)17-14(16)20/h2-8H,1H3,(H3,16,17,20). The highest BCUT2D eigenvalue weighted by atomic mass is 32.1. The van der Waals surface area contributed by atoms with Gasteiger partial charge in [0.1, 0.15) is 17.3 Å². The minimum atomic E-state index is -0.411. The fourth-order valence-electron chi connectivity index (χ4n) is 1.59.